The van der Waals surface area contributed by atoms with Gasteiger partial charge in [0.2, 0.25) is 5.91 Å². The number of carbonyl (C=O) groups is 1. The van der Waals surface area contributed by atoms with Crippen molar-refractivity contribution in [2.75, 3.05) is 11.9 Å². The molecule has 1 amide bonds. The van der Waals surface area contributed by atoms with E-state index < -0.39 is 0 Å². The van der Waals surface area contributed by atoms with Crippen LogP contribution in [0, 0.1) is 6.92 Å². The Hall–Kier alpha value is -1.24. The molecule has 4 nitrogen and oxygen atoms in total. The van der Waals surface area contributed by atoms with Gasteiger partial charge in [-0.15, -0.1) is 22.7 Å². The second-order valence-corrected chi connectivity index (χ2v) is 6.19. The molecule has 2 aromatic rings. The van der Waals surface area contributed by atoms with Crippen LogP contribution in [0.4, 0.5) is 5.69 Å². The summed E-state index contributed by atoms with van der Waals surface area (Å²) in [5.74, 6) is -0.0297. The van der Waals surface area contributed by atoms with Gasteiger partial charge in [0.1, 0.15) is 0 Å². The minimum Gasteiger partial charge on any atom is -0.325 e. The maximum Gasteiger partial charge on any atom is 0.221 e. The number of hydrogen-bond acceptors (Lipinski definition) is 5. The highest BCUT2D eigenvalue weighted by Gasteiger charge is 2.05. The van der Waals surface area contributed by atoms with Gasteiger partial charge in [-0.3, -0.25) is 4.79 Å². The number of nitrogens with zero attached hydrogens (tertiary/aromatic N) is 1. The molecule has 0 saturated carbocycles. The summed E-state index contributed by atoms with van der Waals surface area (Å²) in [5.41, 5.74) is 2.00. The lowest BCUT2D eigenvalue weighted by atomic mass is 10.3. The number of rotatable bonds is 6. The number of hydrogen-bond donors (Lipinski definition) is 2. The van der Waals surface area contributed by atoms with Crippen LogP contribution in [-0.4, -0.2) is 17.4 Å². The van der Waals surface area contributed by atoms with Gasteiger partial charge in [0, 0.05) is 42.4 Å². The van der Waals surface area contributed by atoms with Crippen molar-refractivity contribution in [2.45, 2.75) is 26.8 Å². The molecule has 0 saturated heterocycles. The summed E-state index contributed by atoms with van der Waals surface area (Å²) in [6.07, 6.45) is 0.944. The fraction of sp³-hybridized carbons (Fsp3) is 0.385. The van der Waals surface area contributed by atoms with E-state index in [4.69, 9.17) is 0 Å². The van der Waals surface area contributed by atoms with Gasteiger partial charge in [-0.05, 0) is 18.4 Å². The third-order valence-corrected chi connectivity index (χ3v) is 4.47. The van der Waals surface area contributed by atoms with E-state index in [0.717, 1.165) is 35.8 Å². The van der Waals surface area contributed by atoms with Crippen LogP contribution in [0.15, 0.2) is 16.8 Å². The fourth-order valence-electron chi connectivity index (χ4n) is 1.69. The predicted octanol–water partition coefficient (Wildman–Crippen LogP) is 2.80. The molecule has 2 aromatic heterocycles. The second kappa shape index (κ2) is 6.79. The Morgan fingerprint density at radius 2 is 2.26 bits per heavy atom. The van der Waals surface area contributed by atoms with E-state index in [0.29, 0.717) is 0 Å². The predicted molar refractivity (Wildman–Crippen MR) is 80.9 cm³/mol. The molecule has 0 aliphatic carbocycles. The van der Waals surface area contributed by atoms with Crippen LogP contribution in [0.2, 0.25) is 0 Å². The van der Waals surface area contributed by atoms with Gasteiger partial charge in [0.15, 0.2) is 0 Å². The van der Waals surface area contributed by atoms with Crippen molar-refractivity contribution >= 4 is 34.3 Å². The summed E-state index contributed by atoms with van der Waals surface area (Å²) in [6.45, 7) is 5.21. The Morgan fingerprint density at radius 3 is 2.95 bits per heavy atom. The average Bonchev–Trinajstić information content (AvgIpc) is 2.94. The molecule has 6 heteroatoms. The third-order valence-electron chi connectivity index (χ3n) is 2.52. The number of aryl methyl sites for hydroxylation is 1. The number of aromatic nitrogens is 1. The summed E-state index contributed by atoms with van der Waals surface area (Å²) in [7, 11) is 0. The molecule has 0 unspecified atom stereocenters. The van der Waals surface area contributed by atoms with Crippen molar-refractivity contribution in [3.63, 3.8) is 0 Å². The van der Waals surface area contributed by atoms with E-state index in [2.05, 4.69) is 21.0 Å². The van der Waals surface area contributed by atoms with Crippen LogP contribution in [0.5, 0.6) is 0 Å². The van der Waals surface area contributed by atoms with Crippen molar-refractivity contribution in [3.05, 3.63) is 32.4 Å². The molecule has 0 aliphatic heterocycles. The Kier molecular flexibility index (Phi) is 5.07. The molecule has 0 atom stereocenters. The molecule has 2 heterocycles. The zero-order valence-electron chi connectivity index (χ0n) is 11.0. The molecule has 0 fully saturated rings. The molecule has 0 radical (unpaired) electrons. The first-order chi connectivity index (χ1) is 9.15. The van der Waals surface area contributed by atoms with Gasteiger partial charge in [-0.25, -0.2) is 4.98 Å². The van der Waals surface area contributed by atoms with E-state index in [9.17, 15) is 4.79 Å². The highest BCUT2D eigenvalue weighted by Crippen LogP contribution is 2.21. The standard InChI is InChI=1S/C13H17N3OS2/c1-9-8-19-13(15-9)3-5-14-7-12-11(4-6-18-12)16-10(2)17/h4,6,8,14H,3,5,7H2,1-2H3,(H,16,17). The molecule has 0 spiro atoms. The Balaban J connectivity index is 1.76. The number of amides is 1. The van der Waals surface area contributed by atoms with Crippen molar-refractivity contribution in [1.29, 1.82) is 0 Å². The second-order valence-electron chi connectivity index (χ2n) is 4.25. The van der Waals surface area contributed by atoms with E-state index in [1.807, 2.05) is 18.4 Å². The van der Waals surface area contributed by atoms with E-state index in [-0.39, 0.29) is 5.91 Å². The van der Waals surface area contributed by atoms with E-state index >= 15 is 0 Å². The molecule has 2 rings (SSSR count). The highest BCUT2D eigenvalue weighted by atomic mass is 32.1. The summed E-state index contributed by atoms with van der Waals surface area (Å²) >= 11 is 3.36. The normalized spacial score (nSPS) is 10.6. The molecule has 102 valence electrons. The number of anilines is 1. The van der Waals surface area contributed by atoms with Gasteiger partial charge in [-0.1, -0.05) is 0 Å². The largest absolute Gasteiger partial charge is 0.325 e. The van der Waals surface area contributed by atoms with Gasteiger partial charge < -0.3 is 10.6 Å². The van der Waals surface area contributed by atoms with Crippen molar-refractivity contribution < 1.29 is 4.79 Å². The lowest BCUT2D eigenvalue weighted by Gasteiger charge is -2.05. The van der Waals surface area contributed by atoms with Crippen LogP contribution in [-0.2, 0) is 17.8 Å². The van der Waals surface area contributed by atoms with Crippen molar-refractivity contribution in [3.8, 4) is 0 Å². The zero-order valence-corrected chi connectivity index (χ0v) is 12.7. The molecule has 0 bridgehead atoms. The van der Waals surface area contributed by atoms with Crippen molar-refractivity contribution in [2.24, 2.45) is 0 Å². The van der Waals surface area contributed by atoms with Crippen LogP contribution in [0.3, 0.4) is 0 Å². The summed E-state index contributed by atoms with van der Waals surface area (Å²) in [4.78, 5) is 16.6. The first-order valence-corrected chi connectivity index (χ1v) is 7.87. The maximum atomic E-state index is 11.0. The quantitative estimate of drug-likeness (QED) is 0.806. The Labute approximate surface area is 120 Å². The third kappa shape index (κ3) is 4.41. The number of thiazole rings is 1. The first kappa shape index (κ1) is 14.2. The monoisotopic (exact) mass is 295 g/mol. The van der Waals surface area contributed by atoms with Gasteiger partial charge in [0.05, 0.1) is 10.7 Å². The fourth-order valence-corrected chi connectivity index (χ4v) is 3.27. The molecule has 0 aliphatic rings. The molecular formula is C13H17N3OS2. The Morgan fingerprint density at radius 1 is 1.42 bits per heavy atom. The SMILES string of the molecule is CC(=O)Nc1ccsc1CNCCc1nc(C)cs1. The lowest BCUT2D eigenvalue weighted by Crippen LogP contribution is -2.17. The summed E-state index contributed by atoms with van der Waals surface area (Å²) < 4.78 is 0. The van der Waals surface area contributed by atoms with Gasteiger partial charge in [-0.2, -0.15) is 0 Å². The Bertz CT molecular complexity index is 548. The highest BCUT2D eigenvalue weighted by molar-refractivity contribution is 7.10. The average molecular weight is 295 g/mol. The number of thiophene rings is 1. The molecule has 19 heavy (non-hydrogen) atoms. The molecule has 2 N–H and O–H groups in total. The van der Waals surface area contributed by atoms with Crippen LogP contribution >= 0.6 is 22.7 Å². The maximum absolute atomic E-state index is 11.0. The smallest absolute Gasteiger partial charge is 0.221 e. The minimum absolute atomic E-state index is 0.0297. The topological polar surface area (TPSA) is 54.0 Å². The first-order valence-electron chi connectivity index (χ1n) is 6.11. The van der Waals surface area contributed by atoms with Crippen LogP contribution < -0.4 is 10.6 Å². The van der Waals surface area contributed by atoms with E-state index in [1.165, 1.54) is 11.9 Å². The van der Waals surface area contributed by atoms with Crippen molar-refractivity contribution in [1.82, 2.24) is 10.3 Å². The minimum atomic E-state index is -0.0297. The lowest BCUT2D eigenvalue weighted by molar-refractivity contribution is -0.114. The zero-order chi connectivity index (χ0) is 13.7. The summed E-state index contributed by atoms with van der Waals surface area (Å²) in [5, 5.41) is 11.5. The number of nitrogens with one attached hydrogen (secondary N) is 2. The molecule has 0 aromatic carbocycles. The van der Waals surface area contributed by atoms with E-state index in [1.54, 1.807) is 22.7 Å². The number of carbonyl (C=O) groups excluding carboxylic acids is 1. The molecular weight excluding hydrogens is 278 g/mol. The summed E-state index contributed by atoms with van der Waals surface area (Å²) in [6, 6.07) is 1.94. The van der Waals surface area contributed by atoms with Gasteiger partial charge in [0.25, 0.3) is 0 Å². The van der Waals surface area contributed by atoms with Crippen LogP contribution in [0.1, 0.15) is 22.5 Å². The van der Waals surface area contributed by atoms with Crippen LogP contribution in [0.25, 0.3) is 0 Å². The van der Waals surface area contributed by atoms with Gasteiger partial charge >= 0.3 is 0 Å².